The summed E-state index contributed by atoms with van der Waals surface area (Å²) < 4.78 is 21.7. The van der Waals surface area contributed by atoms with Crippen LogP contribution in [0.3, 0.4) is 0 Å². The lowest BCUT2D eigenvalue weighted by Crippen LogP contribution is -2.40. The lowest BCUT2D eigenvalue weighted by molar-refractivity contribution is -0.138. The molecule has 10 heteroatoms. The Hall–Kier alpha value is -4.27. The minimum atomic E-state index is -0.765. The smallest absolute Gasteiger partial charge is 0.338 e. The maximum absolute atomic E-state index is 14.4. The highest BCUT2D eigenvalue weighted by Crippen LogP contribution is 2.36. The van der Waals surface area contributed by atoms with Crippen LogP contribution in [-0.2, 0) is 16.1 Å². The summed E-state index contributed by atoms with van der Waals surface area (Å²) in [6.45, 7) is 4.84. The molecule has 2 heterocycles. The van der Waals surface area contributed by atoms with E-state index in [-0.39, 0.29) is 12.2 Å². The highest BCUT2D eigenvalue weighted by atomic mass is 127. The zero-order valence-electron chi connectivity index (χ0n) is 27.8. The predicted molar refractivity (Wildman–Crippen MR) is 219 cm³/mol. The lowest BCUT2D eigenvalue weighted by atomic mass is 9.93. The zero-order valence-corrected chi connectivity index (χ0v) is 32.9. The number of benzene rings is 5. The molecule has 0 radical (unpaired) electrons. The van der Waals surface area contributed by atoms with Crippen LogP contribution in [0.1, 0.15) is 42.1 Å². The van der Waals surface area contributed by atoms with Crippen molar-refractivity contribution in [1.82, 2.24) is 4.57 Å². The Morgan fingerprint density at radius 1 is 0.863 bits per heavy atom. The van der Waals surface area contributed by atoms with Crippen molar-refractivity contribution in [1.29, 1.82) is 0 Å². The lowest BCUT2D eigenvalue weighted by Gasteiger charge is -2.26. The van der Waals surface area contributed by atoms with Gasteiger partial charge in [0.25, 0.3) is 5.56 Å². The molecule has 1 aromatic heterocycles. The Morgan fingerprint density at radius 3 is 2.29 bits per heavy atom. The maximum atomic E-state index is 14.4. The number of ether oxygens (including phenoxy) is 3. The third-order valence-corrected chi connectivity index (χ3v) is 11.0. The molecule has 0 saturated carbocycles. The van der Waals surface area contributed by atoms with Crippen molar-refractivity contribution in [2.45, 2.75) is 26.5 Å². The summed E-state index contributed by atoms with van der Waals surface area (Å²) in [5, 5.41) is 2.34. The van der Waals surface area contributed by atoms with Crippen molar-refractivity contribution in [2.24, 2.45) is 4.99 Å². The van der Waals surface area contributed by atoms with Crippen LogP contribution in [0.15, 0.2) is 125 Å². The number of carbonyl (C=O) groups excluding carboxylic acids is 1. The van der Waals surface area contributed by atoms with Crippen LogP contribution >= 0.6 is 56.5 Å². The standard InChI is InChI=1S/C41H32I2N2O5S/c1-3-48-30-19-17-28(18-20-30)37-35(40(47)49-4-2)36(27-12-6-5-7-13-27)44-41-45(37)39(46)34(51-41)23-25-21-32(42)38(33(43)22-25)50-24-29-15-10-14-26-11-8-9-16-31(26)29/h5-23,37H,3-4,24H2,1-2H3/b34-23-/t37-/m1/s1. The van der Waals surface area contributed by atoms with E-state index < -0.39 is 12.0 Å². The number of aromatic nitrogens is 1. The quantitative estimate of drug-likeness (QED) is 0.102. The molecule has 0 aliphatic carbocycles. The molecule has 1 aliphatic rings. The van der Waals surface area contributed by atoms with E-state index in [9.17, 15) is 9.59 Å². The van der Waals surface area contributed by atoms with Crippen molar-refractivity contribution >= 4 is 85.0 Å². The normalized spacial score (nSPS) is 14.3. The molecule has 256 valence electrons. The van der Waals surface area contributed by atoms with Crippen LogP contribution in [0.25, 0.3) is 22.5 Å². The van der Waals surface area contributed by atoms with E-state index in [0.717, 1.165) is 35.1 Å². The second-order valence-corrected chi connectivity index (χ2v) is 15.0. The molecule has 6 aromatic rings. The van der Waals surface area contributed by atoms with Gasteiger partial charge in [-0.1, -0.05) is 96.3 Å². The fraction of sp³-hybridized carbons (Fsp3) is 0.146. The van der Waals surface area contributed by atoms with Gasteiger partial charge in [0.2, 0.25) is 0 Å². The molecule has 0 N–H and O–H groups in total. The number of nitrogens with zero attached hydrogens (tertiary/aromatic N) is 2. The summed E-state index contributed by atoms with van der Waals surface area (Å²) in [7, 11) is 0. The van der Waals surface area contributed by atoms with Crippen molar-refractivity contribution in [3.63, 3.8) is 0 Å². The summed E-state index contributed by atoms with van der Waals surface area (Å²) in [5.41, 5.74) is 4.03. The highest BCUT2D eigenvalue weighted by Gasteiger charge is 2.35. The van der Waals surface area contributed by atoms with Gasteiger partial charge in [-0.2, -0.15) is 0 Å². The molecule has 5 aromatic carbocycles. The molecule has 0 fully saturated rings. The number of thiazole rings is 1. The predicted octanol–water partition coefficient (Wildman–Crippen LogP) is 8.28. The fourth-order valence-electron chi connectivity index (χ4n) is 6.19. The maximum Gasteiger partial charge on any atom is 0.338 e. The van der Waals surface area contributed by atoms with E-state index in [0.29, 0.717) is 39.6 Å². The molecule has 7 nitrogen and oxygen atoms in total. The van der Waals surface area contributed by atoms with Crippen LogP contribution in [0.2, 0.25) is 0 Å². The summed E-state index contributed by atoms with van der Waals surface area (Å²) in [5.74, 6) is 0.980. The zero-order chi connectivity index (χ0) is 35.5. The number of halogens is 2. The van der Waals surface area contributed by atoms with E-state index in [1.165, 1.54) is 22.1 Å². The SMILES string of the molecule is CCOC(=O)C1=C(c2ccccc2)N=c2s/c(=C\c3cc(I)c(OCc4cccc5ccccc45)c(I)c3)c(=O)n2[C@@H]1c1ccc(OCC)cc1. The van der Waals surface area contributed by atoms with E-state index >= 15 is 0 Å². The molecule has 7 rings (SSSR count). The molecule has 0 amide bonds. The van der Waals surface area contributed by atoms with Crippen molar-refractivity contribution in [3.05, 3.63) is 164 Å². The molecular formula is C41H32I2N2O5S. The van der Waals surface area contributed by atoms with Crippen molar-refractivity contribution in [2.75, 3.05) is 13.2 Å². The Balaban J connectivity index is 1.32. The van der Waals surface area contributed by atoms with E-state index in [2.05, 4.69) is 75.5 Å². The number of fused-ring (bicyclic) bond motifs is 2. The van der Waals surface area contributed by atoms with Gasteiger partial charge in [0.1, 0.15) is 18.1 Å². The van der Waals surface area contributed by atoms with Gasteiger partial charge in [-0.15, -0.1) is 0 Å². The van der Waals surface area contributed by atoms with E-state index in [4.69, 9.17) is 19.2 Å². The Kier molecular flexibility index (Phi) is 10.7. The minimum Gasteiger partial charge on any atom is -0.494 e. The van der Waals surface area contributed by atoms with E-state index in [1.807, 2.05) is 91.9 Å². The average molecular weight is 919 g/mol. The van der Waals surface area contributed by atoms with Crippen LogP contribution < -0.4 is 24.4 Å². The first kappa shape index (κ1) is 35.1. The molecule has 1 atom stereocenters. The third-order valence-electron chi connectivity index (χ3n) is 8.45. The Bertz CT molecular complexity index is 2440. The second kappa shape index (κ2) is 15.5. The molecule has 0 saturated heterocycles. The first-order chi connectivity index (χ1) is 24.9. The van der Waals surface area contributed by atoms with Crippen LogP contribution in [0.4, 0.5) is 0 Å². The van der Waals surface area contributed by atoms with E-state index in [1.54, 1.807) is 11.5 Å². The van der Waals surface area contributed by atoms with Gasteiger partial charge < -0.3 is 14.2 Å². The van der Waals surface area contributed by atoms with Gasteiger partial charge in [0.15, 0.2) is 4.80 Å². The molecule has 0 spiro atoms. The summed E-state index contributed by atoms with van der Waals surface area (Å²) >= 11 is 5.88. The number of rotatable bonds is 10. The summed E-state index contributed by atoms with van der Waals surface area (Å²) in [4.78, 5) is 33.6. The average Bonchev–Trinajstić information content (AvgIpc) is 3.45. The summed E-state index contributed by atoms with van der Waals surface area (Å²) in [6, 6.07) is 34.8. The third kappa shape index (κ3) is 7.26. The fourth-order valence-corrected chi connectivity index (χ4v) is 9.32. The monoisotopic (exact) mass is 918 g/mol. The number of hydrogen-bond donors (Lipinski definition) is 0. The molecular weight excluding hydrogens is 886 g/mol. The Morgan fingerprint density at radius 2 is 1.57 bits per heavy atom. The molecule has 0 bridgehead atoms. The molecule has 1 aliphatic heterocycles. The summed E-state index contributed by atoms with van der Waals surface area (Å²) in [6.07, 6.45) is 1.88. The second-order valence-electron chi connectivity index (χ2n) is 11.7. The number of esters is 1. The van der Waals surface area contributed by atoms with Crippen LogP contribution in [0, 0.1) is 7.14 Å². The molecule has 51 heavy (non-hydrogen) atoms. The highest BCUT2D eigenvalue weighted by molar-refractivity contribution is 14.1. The minimum absolute atomic E-state index is 0.184. The van der Waals surface area contributed by atoms with Gasteiger partial charge >= 0.3 is 5.97 Å². The van der Waals surface area contributed by atoms with Gasteiger partial charge in [-0.05, 0) is 117 Å². The van der Waals surface area contributed by atoms with Gasteiger partial charge in [0.05, 0.1) is 42.2 Å². The number of hydrogen-bond acceptors (Lipinski definition) is 7. The van der Waals surface area contributed by atoms with Gasteiger partial charge in [-0.3, -0.25) is 9.36 Å². The first-order valence-electron chi connectivity index (χ1n) is 16.5. The van der Waals surface area contributed by atoms with Gasteiger partial charge in [0, 0.05) is 5.56 Å². The van der Waals surface area contributed by atoms with Crippen LogP contribution in [0.5, 0.6) is 11.5 Å². The van der Waals surface area contributed by atoms with Crippen molar-refractivity contribution < 1.29 is 19.0 Å². The Labute approximate surface area is 326 Å². The molecule has 0 unspecified atom stereocenters. The first-order valence-corrected chi connectivity index (χ1v) is 19.4. The topological polar surface area (TPSA) is 79.1 Å². The van der Waals surface area contributed by atoms with Gasteiger partial charge in [-0.25, -0.2) is 9.79 Å². The largest absolute Gasteiger partial charge is 0.494 e. The number of carbonyl (C=O) groups is 1. The van der Waals surface area contributed by atoms with Crippen LogP contribution in [-0.4, -0.2) is 23.8 Å². The van der Waals surface area contributed by atoms with Crippen molar-refractivity contribution in [3.8, 4) is 11.5 Å².